The Morgan fingerprint density at radius 2 is 2.56 bits per heavy atom. The molecule has 2 rings (SSSR count). The van der Waals surface area contributed by atoms with E-state index in [1.807, 2.05) is 17.7 Å². The van der Waals surface area contributed by atoms with E-state index < -0.39 is 0 Å². The maximum atomic E-state index is 11.7. The van der Waals surface area contributed by atoms with Crippen LogP contribution in [0.3, 0.4) is 0 Å². The van der Waals surface area contributed by atoms with Crippen LogP contribution >= 0.6 is 0 Å². The maximum Gasteiger partial charge on any atom is 0.315 e. The Morgan fingerprint density at radius 3 is 3.22 bits per heavy atom. The number of ether oxygens (including phenoxy) is 1. The van der Waals surface area contributed by atoms with Crippen LogP contribution in [0.15, 0.2) is 18.7 Å². The van der Waals surface area contributed by atoms with Crippen molar-refractivity contribution < 1.29 is 9.53 Å². The third kappa shape index (κ3) is 4.03. The van der Waals surface area contributed by atoms with Crippen LogP contribution in [0.5, 0.6) is 0 Å². The van der Waals surface area contributed by atoms with Crippen molar-refractivity contribution in [1.82, 2.24) is 20.2 Å². The fourth-order valence-corrected chi connectivity index (χ4v) is 2.01. The van der Waals surface area contributed by atoms with Crippen LogP contribution in [-0.4, -0.2) is 41.4 Å². The van der Waals surface area contributed by atoms with Gasteiger partial charge in [0.15, 0.2) is 0 Å². The number of urea groups is 1. The largest absolute Gasteiger partial charge is 0.381 e. The fourth-order valence-electron chi connectivity index (χ4n) is 2.01. The average molecular weight is 252 g/mol. The van der Waals surface area contributed by atoms with Gasteiger partial charge < -0.3 is 19.9 Å². The minimum Gasteiger partial charge on any atom is -0.381 e. The molecule has 0 aromatic carbocycles. The van der Waals surface area contributed by atoms with E-state index in [4.69, 9.17) is 4.74 Å². The topological polar surface area (TPSA) is 68.2 Å². The molecule has 0 radical (unpaired) electrons. The maximum absolute atomic E-state index is 11.7. The van der Waals surface area contributed by atoms with E-state index in [-0.39, 0.29) is 12.1 Å². The minimum absolute atomic E-state index is 0.0685. The first-order valence-electron chi connectivity index (χ1n) is 6.32. The summed E-state index contributed by atoms with van der Waals surface area (Å²) in [6, 6.07) is -0.0476. The highest BCUT2D eigenvalue weighted by Crippen LogP contribution is 2.10. The molecule has 2 N–H and O–H groups in total. The second-order valence-electron chi connectivity index (χ2n) is 4.74. The van der Waals surface area contributed by atoms with Gasteiger partial charge >= 0.3 is 6.03 Å². The molecule has 6 heteroatoms. The quantitative estimate of drug-likeness (QED) is 0.806. The molecule has 1 aliphatic heterocycles. The van der Waals surface area contributed by atoms with Crippen LogP contribution in [0.2, 0.25) is 0 Å². The number of rotatable bonds is 5. The predicted octanol–water partition coefficient (Wildman–Crippen LogP) is 0.607. The second kappa shape index (κ2) is 6.39. The van der Waals surface area contributed by atoms with Gasteiger partial charge in [-0.05, 0) is 13.3 Å². The van der Waals surface area contributed by atoms with E-state index in [1.165, 1.54) is 0 Å². The molecule has 2 amide bonds. The SMILES string of the molecule is C[C@@H](Cn1ccnc1)NC(=O)NC[C@H]1CCOC1. The molecule has 0 saturated carbocycles. The number of nitrogens with one attached hydrogen (secondary N) is 2. The van der Waals surface area contributed by atoms with Gasteiger partial charge in [0, 0.05) is 44.0 Å². The van der Waals surface area contributed by atoms with Crippen molar-refractivity contribution in [3.05, 3.63) is 18.7 Å². The highest BCUT2D eigenvalue weighted by molar-refractivity contribution is 5.74. The first kappa shape index (κ1) is 12.9. The van der Waals surface area contributed by atoms with E-state index in [1.54, 1.807) is 12.5 Å². The number of carbonyl (C=O) groups is 1. The van der Waals surface area contributed by atoms with Crippen molar-refractivity contribution in [2.24, 2.45) is 5.92 Å². The van der Waals surface area contributed by atoms with E-state index >= 15 is 0 Å². The van der Waals surface area contributed by atoms with Gasteiger partial charge in [-0.15, -0.1) is 0 Å². The summed E-state index contributed by atoms with van der Waals surface area (Å²) in [5.74, 6) is 0.458. The highest BCUT2D eigenvalue weighted by Gasteiger charge is 2.16. The predicted molar refractivity (Wildman–Crippen MR) is 67.1 cm³/mol. The van der Waals surface area contributed by atoms with Crippen molar-refractivity contribution in [2.75, 3.05) is 19.8 Å². The first-order chi connectivity index (χ1) is 8.74. The van der Waals surface area contributed by atoms with E-state index in [9.17, 15) is 4.79 Å². The summed E-state index contributed by atoms with van der Waals surface area (Å²) >= 11 is 0. The summed E-state index contributed by atoms with van der Waals surface area (Å²) in [4.78, 5) is 15.6. The average Bonchev–Trinajstić information content (AvgIpc) is 2.98. The molecule has 2 heterocycles. The lowest BCUT2D eigenvalue weighted by molar-refractivity contribution is 0.185. The Morgan fingerprint density at radius 1 is 1.67 bits per heavy atom. The standard InChI is InChI=1S/C12H20N4O2/c1-10(7-16-4-3-13-9-16)15-12(17)14-6-11-2-5-18-8-11/h3-4,9-11H,2,5-8H2,1H3,(H2,14,15,17)/t10-,11+/m0/s1. The molecule has 0 bridgehead atoms. The van der Waals surface area contributed by atoms with Gasteiger partial charge in [0.25, 0.3) is 0 Å². The Bertz CT molecular complexity index is 360. The Labute approximate surface area is 107 Å². The Kier molecular flexibility index (Phi) is 4.58. The molecular weight excluding hydrogens is 232 g/mol. The summed E-state index contributed by atoms with van der Waals surface area (Å²) in [6.07, 6.45) is 6.38. The fraction of sp³-hybridized carbons (Fsp3) is 0.667. The van der Waals surface area contributed by atoms with Gasteiger partial charge in [0.2, 0.25) is 0 Å². The van der Waals surface area contributed by atoms with Crippen LogP contribution < -0.4 is 10.6 Å². The smallest absolute Gasteiger partial charge is 0.315 e. The zero-order valence-electron chi connectivity index (χ0n) is 10.6. The molecule has 0 aliphatic carbocycles. The lowest BCUT2D eigenvalue weighted by Gasteiger charge is -2.16. The molecular formula is C12H20N4O2. The number of carbonyl (C=O) groups excluding carboxylic acids is 1. The van der Waals surface area contributed by atoms with Gasteiger partial charge in [-0.2, -0.15) is 0 Å². The number of nitrogens with zero attached hydrogens (tertiary/aromatic N) is 2. The zero-order valence-corrected chi connectivity index (χ0v) is 10.6. The zero-order chi connectivity index (χ0) is 12.8. The van der Waals surface area contributed by atoms with Gasteiger partial charge in [-0.3, -0.25) is 0 Å². The van der Waals surface area contributed by atoms with Crippen LogP contribution in [-0.2, 0) is 11.3 Å². The van der Waals surface area contributed by atoms with Crippen LogP contribution in [0.25, 0.3) is 0 Å². The van der Waals surface area contributed by atoms with Gasteiger partial charge in [-0.25, -0.2) is 9.78 Å². The number of hydrogen-bond acceptors (Lipinski definition) is 3. The second-order valence-corrected chi connectivity index (χ2v) is 4.74. The normalized spacial score (nSPS) is 20.6. The number of hydrogen-bond donors (Lipinski definition) is 2. The van der Waals surface area contributed by atoms with Crippen molar-refractivity contribution in [2.45, 2.75) is 25.9 Å². The molecule has 0 spiro atoms. The van der Waals surface area contributed by atoms with Crippen molar-refractivity contribution in [3.8, 4) is 0 Å². The molecule has 1 fully saturated rings. The van der Waals surface area contributed by atoms with E-state index in [0.29, 0.717) is 12.5 Å². The summed E-state index contributed by atoms with van der Waals surface area (Å²) in [6.45, 7) is 4.94. The molecule has 1 saturated heterocycles. The van der Waals surface area contributed by atoms with Gasteiger partial charge in [-0.1, -0.05) is 0 Å². The number of aromatic nitrogens is 2. The minimum atomic E-state index is -0.116. The summed E-state index contributed by atoms with van der Waals surface area (Å²) in [5.41, 5.74) is 0. The number of amides is 2. The first-order valence-corrected chi connectivity index (χ1v) is 6.32. The lowest BCUT2D eigenvalue weighted by atomic mass is 10.1. The third-order valence-corrected chi connectivity index (χ3v) is 3.00. The van der Waals surface area contributed by atoms with Crippen molar-refractivity contribution in [1.29, 1.82) is 0 Å². The van der Waals surface area contributed by atoms with E-state index in [0.717, 1.165) is 26.2 Å². The van der Waals surface area contributed by atoms with Gasteiger partial charge in [0.1, 0.15) is 0 Å². The van der Waals surface area contributed by atoms with Crippen LogP contribution in [0, 0.1) is 5.92 Å². The molecule has 18 heavy (non-hydrogen) atoms. The van der Waals surface area contributed by atoms with Gasteiger partial charge in [0.05, 0.1) is 12.9 Å². The molecule has 1 aliphatic rings. The lowest BCUT2D eigenvalue weighted by Crippen LogP contribution is -2.44. The number of imidazole rings is 1. The molecule has 0 unspecified atom stereocenters. The van der Waals surface area contributed by atoms with Crippen molar-refractivity contribution >= 4 is 6.03 Å². The monoisotopic (exact) mass is 252 g/mol. The molecule has 1 aromatic heterocycles. The highest BCUT2D eigenvalue weighted by atomic mass is 16.5. The molecule has 2 atom stereocenters. The van der Waals surface area contributed by atoms with E-state index in [2.05, 4.69) is 15.6 Å². The summed E-state index contributed by atoms with van der Waals surface area (Å²) in [5, 5.41) is 5.78. The van der Waals surface area contributed by atoms with Crippen molar-refractivity contribution in [3.63, 3.8) is 0 Å². The Balaban J connectivity index is 1.63. The molecule has 6 nitrogen and oxygen atoms in total. The molecule has 100 valence electrons. The van der Waals surface area contributed by atoms with Crippen LogP contribution in [0.1, 0.15) is 13.3 Å². The summed E-state index contributed by atoms with van der Waals surface area (Å²) < 4.78 is 7.20. The third-order valence-electron chi connectivity index (χ3n) is 3.00. The Hall–Kier alpha value is -1.56. The van der Waals surface area contributed by atoms with Crippen LogP contribution in [0.4, 0.5) is 4.79 Å². The summed E-state index contributed by atoms with van der Waals surface area (Å²) in [7, 11) is 0. The molecule has 1 aromatic rings.